The highest BCUT2D eigenvalue weighted by molar-refractivity contribution is 9.10. The second-order valence-corrected chi connectivity index (χ2v) is 11.8. The zero-order valence-electron chi connectivity index (χ0n) is 21.7. The molecule has 1 aliphatic heterocycles. The van der Waals surface area contributed by atoms with E-state index < -0.39 is 24.0 Å². The average molecular weight is 631 g/mol. The van der Waals surface area contributed by atoms with Crippen molar-refractivity contribution in [3.05, 3.63) is 32.8 Å². The summed E-state index contributed by atoms with van der Waals surface area (Å²) >= 11 is 4.18. The third kappa shape index (κ3) is 7.06. The van der Waals surface area contributed by atoms with Crippen molar-refractivity contribution < 1.29 is 27.8 Å². The maximum atomic E-state index is 13.5. The lowest BCUT2D eigenvalue weighted by Gasteiger charge is -2.34. The van der Waals surface area contributed by atoms with Crippen LogP contribution in [0.1, 0.15) is 54.6 Å². The Morgan fingerprint density at radius 1 is 1.33 bits per heavy atom. The Bertz CT molecular complexity index is 1340. The number of fused-ring (bicyclic) bond motifs is 1. The fourth-order valence-corrected chi connectivity index (χ4v) is 5.56. The number of anilines is 2. The normalized spacial score (nSPS) is 16.0. The smallest absolute Gasteiger partial charge is 0.407 e. The molecule has 11 nitrogen and oxygen atoms in total. The van der Waals surface area contributed by atoms with Gasteiger partial charge in [-0.1, -0.05) is 0 Å². The molecule has 1 atom stereocenters. The first-order valence-electron chi connectivity index (χ1n) is 12.3. The van der Waals surface area contributed by atoms with E-state index >= 15 is 0 Å². The molecule has 4 rings (SSSR count). The number of nitrogens with zero attached hydrogens (tertiary/aromatic N) is 4. The summed E-state index contributed by atoms with van der Waals surface area (Å²) in [5, 5.41) is 9.72. The minimum Gasteiger partial charge on any atom is -0.490 e. The molecule has 3 aromatic heterocycles. The van der Waals surface area contributed by atoms with Crippen LogP contribution in [0.15, 0.2) is 23.1 Å². The molecule has 39 heavy (non-hydrogen) atoms. The van der Waals surface area contributed by atoms with Gasteiger partial charge in [0.15, 0.2) is 5.82 Å². The van der Waals surface area contributed by atoms with Crippen LogP contribution in [0.2, 0.25) is 0 Å². The number of rotatable bonds is 8. The number of thiophene rings is 1. The summed E-state index contributed by atoms with van der Waals surface area (Å²) in [5.74, 6) is -0.128. The van der Waals surface area contributed by atoms with E-state index in [0.717, 1.165) is 18.7 Å². The van der Waals surface area contributed by atoms with Crippen molar-refractivity contribution in [2.75, 3.05) is 36.9 Å². The Balaban J connectivity index is 1.41. The Hall–Kier alpha value is -3.20. The second-order valence-electron chi connectivity index (χ2n) is 9.94. The van der Waals surface area contributed by atoms with Crippen molar-refractivity contribution in [1.29, 1.82) is 0 Å². The Labute approximate surface area is 236 Å². The largest absolute Gasteiger partial charge is 0.490 e. The number of alkyl carbamates (subject to hydrolysis) is 1. The van der Waals surface area contributed by atoms with E-state index in [1.165, 1.54) is 12.4 Å². The quantitative estimate of drug-likeness (QED) is 0.312. The summed E-state index contributed by atoms with van der Waals surface area (Å²) < 4.78 is 40.0. The third-order valence-corrected chi connectivity index (χ3v) is 7.47. The first-order chi connectivity index (χ1) is 18.4. The molecule has 0 saturated carbocycles. The van der Waals surface area contributed by atoms with Crippen molar-refractivity contribution in [1.82, 2.24) is 25.2 Å². The van der Waals surface area contributed by atoms with Gasteiger partial charge in [0.1, 0.15) is 39.3 Å². The second kappa shape index (κ2) is 11.9. The summed E-state index contributed by atoms with van der Waals surface area (Å²) in [6, 6.07) is 2.82. The number of halogens is 3. The van der Waals surface area contributed by atoms with Crippen LogP contribution in [0.5, 0.6) is 5.75 Å². The van der Waals surface area contributed by atoms with Gasteiger partial charge >= 0.3 is 6.09 Å². The van der Waals surface area contributed by atoms with Crippen LogP contribution in [0.25, 0.3) is 5.52 Å². The summed E-state index contributed by atoms with van der Waals surface area (Å²) in [7, 11) is 0. The number of hydrogen-bond acceptors (Lipinski definition) is 9. The summed E-state index contributed by atoms with van der Waals surface area (Å²) in [4.78, 5) is 31.0. The Morgan fingerprint density at radius 2 is 2.10 bits per heavy atom. The number of alkyl halides is 2. The van der Waals surface area contributed by atoms with Crippen LogP contribution in [-0.2, 0) is 4.74 Å². The predicted octanol–water partition coefficient (Wildman–Crippen LogP) is 4.38. The number of nitrogens with two attached hydrogens (primary N) is 1. The Kier molecular flexibility index (Phi) is 8.79. The van der Waals surface area contributed by atoms with Crippen LogP contribution in [-0.4, -0.2) is 64.5 Å². The topological polar surface area (TPSA) is 136 Å². The molecule has 0 aliphatic carbocycles. The molecule has 0 unspecified atom stereocenters. The first-order valence-corrected chi connectivity index (χ1v) is 13.9. The highest BCUT2D eigenvalue weighted by Crippen LogP contribution is 2.36. The zero-order valence-corrected chi connectivity index (χ0v) is 24.1. The maximum absolute atomic E-state index is 13.5. The Morgan fingerprint density at radius 3 is 2.82 bits per heavy atom. The van der Waals surface area contributed by atoms with E-state index in [0.29, 0.717) is 40.2 Å². The van der Waals surface area contributed by atoms with Crippen molar-refractivity contribution >= 4 is 56.3 Å². The van der Waals surface area contributed by atoms with Crippen LogP contribution < -0.4 is 26.0 Å². The van der Waals surface area contributed by atoms with Gasteiger partial charge in [0.05, 0.1) is 17.1 Å². The van der Waals surface area contributed by atoms with Crippen molar-refractivity contribution in [3.8, 4) is 5.75 Å². The van der Waals surface area contributed by atoms with Crippen molar-refractivity contribution in [2.45, 2.75) is 51.7 Å². The lowest BCUT2D eigenvalue weighted by molar-refractivity contribution is 0.0519. The number of carbonyl (C=O) groups is 2. The molecule has 0 bridgehead atoms. The maximum Gasteiger partial charge on any atom is 0.407 e. The molecule has 1 saturated heterocycles. The van der Waals surface area contributed by atoms with Crippen molar-refractivity contribution in [3.63, 3.8) is 0 Å². The summed E-state index contributed by atoms with van der Waals surface area (Å²) in [6.45, 7) is 6.47. The van der Waals surface area contributed by atoms with Gasteiger partial charge in [-0.3, -0.25) is 4.79 Å². The number of aromatic nitrogens is 3. The lowest BCUT2D eigenvalue weighted by Crippen LogP contribution is -2.47. The van der Waals surface area contributed by atoms with Gasteiger partial charge in [0.2, 0.25) is 0 Å². The van der Waals surface area contributed by atoms with Gasteiger partial charge < -0.3 is 30.7 Å². The van der Waals surface area contributed by atoms with Crippen LogP contribution in [0.3, 0.4) is 0 Å². The number of nitrogen functional groups attached to an aromatic ring is 1. The molecule has 3 aromatic rings. The van der Waals surface area contributed by atoms with E-state index in [1.807, 2.05) is 6.07 Å². The standard InChI is InChI=1S/C24H30BrF2N7O4S/c1-24(2,3)38-23(36)29-6-8-37-15-10-16(20(26)27)39-19(15)22(35)32-13-5-4-7-33(11-13)14-9-17(25)34-18(14)21(28)30-12-31-34/h9-10,12-13,20H,4-8,11H2,1-3H3,(H,29,36)(H,32,35)(H2,28,30,31)/t13-/m1/s1. The molecule has 4 N–H and O–H groups in total. The van der Waals surface area contributed by atoms with Gasteiger partial charge in [0.25, 0.3) is 12.3 Å². The van der Waals surface area contributed by atoms with Gasteiger partial charge in [-0.25, -0.2) is 23.1 Å². The minimum atomic E-state index is -2.75. The molecule has 4 heterocycles. The summed E-state index contributed by atoms with van der Waals surface area (Å²) in [5.41, 5.74) is 6.94. The fraction of sp³-hybridized carbons (Fsp3) is 0.500. The minimum absolute atomic E-state index is 0.0315. The molecule has 0 spiro atoms. The molecule has 15 heteroatoms. The number of nitrogens with one attached hydrogen (secondary N) is 2. The van der Waals surface area contributed by atoms with Gasteiger partial charge in [-0.05, 0) is 55.6 Å². The van der Waals surface area contributed by atoms with Crippen molar-refractivity contribution in [2.24, 2.45) is 0 Å². The molecular formula is C24H30BrF2N7O4S. The molecule has 0 aromatic carbocycles. The number of hydrogen-bond donors (Lipinski definition) is 3. The average Bonchev–Trinajstić information content (AvgIpc) is 3.44. The fourth-order valence-electron chi connectivity index (χ4n) is 4.21. The monoisotopic (exact) mass is 629 g/mol. The van der Waals surface area contributed by atoms with E-state index in [4.69, 9.17) is 15.2 Å². The van der Waals surface area contributed by atoms with E-state index in [9.17, 15) is 18.4 Å². The SMILES string of the molecule is CC(C)(C)OC(=O)NCCOc1cc(C(F)F)sc1C(=O)N[C@@H]1CCCN(c2cc(Br)n3ncnc(N)c23)C1. The first kappa shape index (κ1) is 28.8. The molecule has 1 aliphatic rings. The van der Waals surface area contributed by atoms with Gasteiger partial charge in [0, 0.05) is 25.2 Å². The molecule has 2 amide bonds. The van der Waals surface area contributed by atoms with Gasteiger partial charge in [-0.2, -0.15) is 5.10 Å². The lowest BCUT2D eigenvalue weighted by atomic mass is 10.0. The molecule has 0 radical (unpaired) electrons. The third-order valence-electron chi connectivity index (χ3n) is 5.78. The number of piperidine rings is 1. The van der Waals surface area contributed by atoms with E-state index in [-0.39, 0.29) is 34.7 Å². The number of ether oxygens (including phenoxy) is 2. The van der Waals surface area contributed by atoms with E-state index in [1.54, 1.807) is 25.3 Å². The van der Waals surface area contributed by atoms with Crippen LogP contribution in [0.4, 0.5) is 25.1 Å². The highest BCUT2D eigenvalue weighted by atomic mass is 79.9. The zero-order chi connectivity index (χ0) is 28.3. The molecular weight excluding hydrogens is 600 g/mol. The summed E-state index contributed by atoms with van der Waals surface area (Å²) in [6.07, 6.45) is -0.499. The van der Waals surface area contributed by atoms with E-state index in [2.05, 4.69) is 41.5 Å². The van der Waals surface area contributed by atoms with Crippen LogP contribution >= 0.6 is 27.3 Å². The molecule has 1 fully saturated rings. The van der Waals surface area contributed by atoms with Gasteiger partial charge in [-0.15, -0.1) is 11.3 Å². The number of amides is 2. The predicted molar refractivity (Wildman–Crippen MR) is 147 cm³/mol. The molecule has 212 valence electrons. The van der Waals surface area contributed by atoms with Crippen LogP contribution in [0, 0.1) is 0 Å². The number of carbonyl (C=O) groups excluding carboxylic acids is 2. The highest BCUT2D eigenvalue weighted by Gasteiger charge is 2.28.